The zero-order valence-electron chi connectivity index (χ0n) is 15.0. The SMILES string of the molecule is CN1CCC(O)(C(CN2CCOCC2)c2cccc(Br)c2)CC1.ClOCl. The molecule has 1 unspecified atom stereocenters. The Morgan fingerprint density at radius 3 is 2.42 bits per heavy atom. The lowest BCUT2D eigenvalue weighted by molar-refractivity contribution is -0.0537. The first kappa shape index (κ1) is 22.4. The fourth-order valence-corrected chi connectivity index (χ4v) is 4.12. The van der Waals surface area contributed by atoms with E-state index in [4.69, 9.17) is 4.74 Å². The first-order valence-electron chi connectivity index (χ1n) is 8.84. The molecule has 3 rings (SSSR count). The molecule has 0 spiro atoms. The van der Waals surface area contributed by atoms with E-state index in [1.165, 1.54) is 5.56 Å². The summed E-state index contributed by atoms with van der Waals surface area (Å²) >= 11 is 12.1. The van der Waals surface area contributed by atoms with E-state index in [0.29, 0.717) is 0 Å². The molecule has 2 saturated heterocycles. The third-order valence-corrected chi connectivity index (χ3v) is 5.79. The molecule has 1 aromatic carbocycles. The third-order valence-electron chi connectivity index (χ3n) is 5.30. The molecule has 1 atom stereocenters. The van der Waals surface area contributed by atoms with Crippen LogP contribution in [0.15, 0.2) is 28.7 Å². The second-order valence-electron chi connectivity index (χ2n) is 6.99. The van der Waals surface area contributed by atoms with Crippen molar-refractivity contribution in [2.75, 3.05) is 53.0 Å². The van der Waals surface area contributed by atoms with Gasteiger partial charge in [-0.1, -0.05) is 28.1 Å². The second-order valence-corrected chi connectivity index (χ2v) is 8.37. The van der Waals surface area contributed by atoms with E-state index in [0.717, 1.165) is 63.3 Å². The minimum atomic E-state index is -0.619. The van der Waals surface area contributed by atoms with Crippen LogP contribution in [0.25, 0.3) is 0 Å². The van der Waals surface area contributed by atoms with Crippen LogP contribution in [0.1, 0.15) is 24.3 Å². The van der Waals surface area contributed by atoms with Crippen molar-refractivity contribution in [1.82, 2.24) is 9.80 Å². The quantitative estimate of drug-likeness (QED) is 0.729. The maximum atomic E-state index is 11.4. The first-order chi connectivity index (χ1) is 12.5. The van der Waals surface area contributed by atoms with E-state index in [2.05, 4.69) is 78.6 Å². The summed E-state index contributed by atoms with van der Waals surface area (Å²) in [4.78, 5) is 4.74. The summed E-state index contributed by atoms with van der Waals surface area (Å²) in [5, 5.41) is 11.4. The summed E-state index contributed by atoms with van der Waals surface area (Å²) in [6.07, 6.45) is 1.68. The Bertz CT molecular complexity index is 539. The lowest BCUT2D eigenvalue weighted by atomic mass is 9.75. The average molecular weight is 470 g/mol. The predicted molar refractivity (Wildman–Crippen MR) is 109 cm³/mol. The van der Waals surface area contributed by atoms with Crippen LogP contribution < -0.4 is 0 Å². The lowest BCUT2D eigenvalue weighted by Gasteiger charge is -2.44. The molecule has 0 bridgehead atoms. The average Bonchev–Trinajstić information content (AvgIpc) is 2.64. The van der Waals surface area contributed by atoms with Gasteiger partial charge in [-0.2, -0.15) is 3.84 Å². The maximum Gasteiger partial charge on any atom is 0.0832 e. The Hall–Kier alpha value is 0.0800. The Kier molecular flexibility index (Phi) is 9.61. The maximum absolute atomic E-state index is 11.4. The van der Waals surface area contributed by atoms with Gasteiger partial charge < -0.3 is 14.7 Å². The van der Waals surface area contributed by atoms with Crippen LogP contribution in [0.3, 0.4) is 0 Å². The number of morpholine rings is 1. The summed E-state index contributed by atoms with van der Waals surface area (Å²) in [5.74, 6) is 0.145. The molecule has 2 aliphatic heterocycles. The van der Waals surface area contributed by atoms with Crippen molar-refractivity contribution in [1.29, 1.82) is 0 Å². The van der Waals surface area contributed by atoms with Crippen LogP contribution in [0.5, 0.6) is 0 Å². The number of hydrogen-bond donors (Lipinski definition) is 1. The summed E-state index contributed by atoms with van der Waals surface area (Å²) in [6.45, 7) is 6.34. The van der Waals surface area contributed by atoms with Gasteiger partial charge in [0.25, 0.3) is 0 Å². The number of nitrogens with zero attached hydrogens (tertiary/aromatic N) is 2. The van der Waals surface area contributed by atoms with E-state index in [-0.39, 0.29) is 5.92 Å². The zero-order chi connectivity index (χ0) is 19.0. The fourth-order valence-electron chi connectivity index (χ4n) is 3.71. The Morgan fingerprint density at radius 1 is 1.23 bits per heavy atom. The van der Waals surface area contributed by atoms with Crippen molar-refractivity contribution in [3.63, 3.8) is 0 Å². The number of aliphatic hydroxyl groups is 1. The molecular formula is C18H27BrCl2N2O3. The second kappa shape index (κ2) is 11.2. The van der Waals surface area contributed by atoms with Crippen LogP contribution in [0.4, 0.5) is 0 Å². The summed E-state index contributed by atoms with van der Waals surface area (Å²) in [6, 6.07) is 8.45. The molecule has 8 heteroatoms. The molecule has 2 aliphatic rings. The molecule has 2 heterocycles. The number of benzene rings is 1. The van der Waals surface area contributed by atoms with Gasteiger partial charge in [-0.25, -0.2) is 0 Å². The number of rotatable bonds is 4. The van der Waals surface area contributed by atoms with Gasteiger partial charge in [0.05, 0.1) is 42.5 Å². The normalized spacial score (nSPS) is 22.3. The van der Waals surface area contributed by atoms with E-state index in [9.17, 15) is 5.11 Å². The lowest BCUT2D eigenvalue weighted by Crippen LogP contribution is -2.51. The van der Waals surface area contributed by atoms with Crippen molar-refractivity contribution in [2.45, 2.75) is 24.4 Å². The van der Waals surface area contributed by atoms with Crippen molar-refractivity contribution in [2.24, 2.45) is 0 Å². The van der Waals surface area contributed by atoms with Gasteiger partial charge in [0.15, 0.2) is 0 Å². The topological polar surface area (TPSA) is 45.2 Å². The number of hydrogen-bond acceptors (Lipinski definition) is 5. The molecule has 0 saturated carbocycles. The van der Waals surface area contributed by atoms with Crippen LogP contribution >= 0.6 is 39.7 Å². The molecule has 0 aliphatic carbocycles. The van der Waals surface area contributed by atoms with Crippen LogP contribution in [-0.2, 0) is 8.58 Å². The Balaban J connectivity index is 0.000000758. The van der Waals surface area contributed by atoms with Gasteiger partial charge in [-0.15, -0.1) is 0 Å². The molecule has 1 N–H and O–H groups in total. The Labute approximate surface area is 174 Å². The number of piperidine rings is 1. The van der Waals surface area contributed by atoms with E-state index < -0.39 is 5.60 Å². The van der Waals surface area contributed by atoms with Gasteiger partial charge in [0, 0.05) is 43.1 Å². The van der Waals surface area contributed by atoms with Crippen LogP contribution in [0, 0.1) is 0 Å². The monoisotopic (exact) mass is 468 g/mol. The minimum absolute atomic E-state index is 0.145. The highest BCUT2D eigenvalue weighted by Gasteiger charge is 2.40. The van der Waals surface area contributed by atoms with Crippen molar-refractivity contribution >= 4 is 39.7 Å². The molecule has 148 valence electrons. The standard InChI is InChI=1S/C18H27BrN2O2.Cl2O/c1-20-7-5-18(22,6-8-20)17(14-21-9-11-23-12-10-21)15-3-2-4-16(19)13-15;1-3-2/h2-4,13,17,22H,5-12,14H2,1H3;. The zero-order valence-corrected chi connectivity index (χ0v) is 18.1. The van der Waals surface area contributed by atoms with Gasteiger partial charge in [0.2, 0.25) is 0 Å². The molecular weight excluding hydrogens is 443 g/mol. The van der Waals surface area contributed by atoms with E-state index in [1.54, 1.807) is 0 Å². The highest BCUT2D eigenvalue weighted by Crippen LogP contribution is 2.38. The van der Waals surface area contributed by atoms with E-state index in [1.807, 2.05) is 6.07 Å². The molecule has 2 fully saturated rings. The van der Waals surface area contributed by atoms with Crippen molar-refractivity contribution in [3.8, 4) is 0 Å². The largest absolute Gasteiger partial charge is 0.389 e. The fraction of sp³-hybridized carbons (Fsp3) is 0.667. The molecule has 1 aromatic rings. The predicted octanol–water partition coefficient (Wildman–Crippen LogP) is 3.63. The highest BCUT2D eigenvalue weighted by molar-refractivity contribution is 9.10. The van der Waals surface area contributed by atoms with Gasteiger partial charge in [0.1, 0.15) is 0 Å². The third kappa shape index (κ3) is 6.60. The highest BCUT2D eigenvalue weighted by atomic mass is 79.9. The first-order valence-corrected chi connectivity index (χ1v) is 10.3. The van der Waals surface area contributed by atoms with Gasteiger partial charge in [-0.3, -0.25) is 4.90 Å². The van der Waals surface area contributed by atoms with Crippen molar-refractivity contribution in [3.05, 3.63) is 34.3 Å². The van der Waals surface area contributed by atoms with Crippen LogP contribution in [0.2, 0.25) is 0 Å². The van der Waals surface area contributed by atoms with Gasteiger partial charge >= 0.3 is 0 Å². The Morgan fingerprint density at radius 2 is 1.85 bits per heavy atom. The summed E-state index contributed by atoms with van der Waals surface area (Å²) < 4.78 is 9.75. The minimum Gasteiger partial charge on any atom is -0.389 e. The molecule has 0 aromatic heterocycles. The summed E-state index contributed by atoms with van der Waals surface area (Å²) in [7, 11) is 2.13. The van der Waals surface area contributed by atoms with Gasteiger partial charge in [-0.05, 0) is 37.6 Å². The summed E-state index contributed by atoms with van der Waals surface area (Å²) in [5.41, 5.74) is 0.615. The van der Waals surface area contributed by atoms with E-state index >= 15 is 0 Å². The molecule has 0 amide bonds. The molecule has 26 heavy (non-hydrogen) atoms. The smallest absolute Gasteiger partial charge is 0.0832 e. The number of ether oxygens (including phenoxy) is 1. The van der Waals surface area contributed by atoms with Crippen LogP contribution in [-0.4, -0.2) is 73.5 Å². The number of halogens is 3. The van der Waals surface area contributed by atoms with Crippen molar-refractivity contribution < 1.29 is 13.7 Å². The molecule has 5 nitrogen and oxygen atoms in total. The molecule has 0 radical (unpaired) electrons. The number of likely N-dealkylation sites (tertiary alicyclic amines) is 1.